The molecule has 0 bridgehead atoms. The van der Waals surface area contributed by atoms with E-state index in [-0.39, 0.29) is 0 Å². The number of allylic oxidation sites excluding steroid dienone is 1. The molecule has 0 spiro atoms. The van der Waals surface area contributed by atoms with Crippen molar-refractivity contribution in [2.24, 2.45) is 4.99 Å². The largest absolute Gasteiger partial charge is 0.276 e. The number of para-hydroxylation sites is 1. The van der Waals surface area contributed by atoms with Crippen molar-refractivity contribution in [1.82, 2.24) is 15.2 Å². The van der Waals surface area contributed by atoms with E-state index < -0.39 is 0 Å². The second-order valence-electron chi connectivity index (χ2n) is 5.01. The first-order valence-corrected chi connectivity index (χ1v) is 7.04. The Balaban J connectivity index is 1.92. The predicted molar refractivity (Wildman–Crippen MR) is 85.0 cm³/mol. The number of fused-ring (bicyclic) bond motifs is 1. The fraction of sp³-hybridized carbons (Fsp3) is 0.118. The lowest BCUT2D eigenvalue weighted by molar-refractivity contribution is 1.05. The minimum absolute atomic E-state index is 0.967. The van der Waals surface area contributed by atoms with Crippen molar-refractivity contribution in [1.29, 1.82) is 0 Å². The van der Waals surface area contributed by atoms with E-state index >= 15 is 0 Å². The Hall–Kier alpha value is -2.75. The van der Waals surface area contributed by atoms with Crippen LogP contribution in [-0.4, -0.2) is 21.4 Å². The summed E-state index contributed by atoms with van der Waals surface area (Å²) < 4.78 is 0. The van der Waals surface area contributed by atoms with Gasteiger partial charge in [0, 0.05) is 23.4 Å². The predicted octanol–water partition coefficient (Wildman–Crippen LogP) is 3.83. The van der Waals surface area contributed by atoms with Gasteiger partial charge in [-0.15, -0.1) is 0 Å². The van der Waals surface area contributed by atoms with Gasteiger partial charge in [0.1, 0.15) is 0 Å². The summed E-state index contributed by atoms with van der Waals surface area (Å²) in [4.78, 5) is 8.91. The maximum Gasteiger partial charge on any atom is 0.0909 e. The summed E-state index contributed by atoms with van der Waals surface area (Å²) in [5, 5.41) is 8.43. The molecule has 0 atom stereocenters. The van der Waals surface area contributed by atoms with Gasteiger partial charge in [0.15, 0.2) is 0 Å². The van der Waals surface area contributed by atoms with Gasteiger partial charge in [0.2, 0.25) is 0 Å². The number of nitrogens with zero attached hydrogens (tertiary/aromatic N) is 3. The van der Waals surface area contributed by atoms with Gasteiger partial charge < -0.3 is 0 Å². The molecule has 0 fully saturated rings. The third-order valence-electron chi connectivity index (χ3n) is 3.70. The SMILES string of the molecule is C1=NC(c2[nH]ncc2-c2ccnc3ccccc23)=CCC1. The van der Waals surface area contributed by atoms with Crippen molar-refractivity contribution < 1.29 is 0 Å². The van der Waals surface area contributed by atoms with Crippen molar-refractivity contribution in [3.05, 3.63) is 54.5 Å². The molecule has 1 aliphatic rings. The van der Waals surface area contributed by atoms with Crippen LogP contribution >= 0.6 is 0 Å². The maximum absolute atomic E-state index is 4.49. The Labute approximate surface area is 122 Å². The van der Waals surface area contributed by atoms with Crippen LogP contribution in [0.1, 0.15) is 18.5 Å². The standard InChI is InChI=1S/C17H14N4/c1-2-6-15-13(5-1)12(8-10-19-15)14-11-20-21-17(14)16-7-3-4-9-18-16/h1-2,5-11H,3-4H2,(H,20,21). The van der Waals surface area contributed by atoms with Crippen LogP contribution in [0.15, 0.2) is 53.8 Å². The minimum Gasteiger partial charge on any atom is -0.276 e. The number of pyridine rings is 1. The number of aliphatic imine (C=N–C) groups is 1. The van der Waals surface area contributed by atoms with Gasteiger partial charge in [-0.05, 0) is 30.5 Å². The number of aromatic amines is 1. The van der Waals surface area contributed by atoms with Gasteiger partial charge in [0.25, 0.3) is 0 Å². The Morgan fingerprint density at radius 2 is 1.95 bits per heavy atom. The van der Waals surface area contributed by atoms with E-state index in [4.69, 9.17) is 0 Å². The fourth-order valence-corrected chi connectivity index (χ4v) is 2.69. The quantitative estimate of drug-likeness (QED) is 0.772. The Bertz CT molecular complexity index is 853. The van der Waals surface area contributed by atoms with Crippen LogP contribution in [0.5, 0.6) is 0 Å². The molecule has 0 saturated carbocycles. The zero-order valence-corrected chi connectivity index (χ0v) is 11.5. The lowest BCUT2D eigenvalue weighted by Gasteiger charge is -2.09. The summed E-state index contributed by atoms with van der Waals surface area (Å²) in [6.45, 7) is 0. The third-order valence-corrected chi connectivity index (χ3v) is 3.70. The molecule has 4 heteroatoms. The van der Waals surface area contributed by atoms with E-state index in [9.17, 15) is 0 Å². The number of hydrogen-bond donors (Lipinski definition) is 1. The lowest BCUT2D eigenvalue weighted by atomic mass is 10.00. The van der Waals surface area contributed by atoms with E-state index in [0.29, 0.717) is 0 Å². The van der Waals surface area contributed by atoms with Crippen LogP contribution in [0.25, 0.3) is 27.7 Å². The lowest BCUT2D eigenvalue weighted by Crippen LogP contribution is -1.92. The normalized spacial score (nSPS) is 14.4. The number of rotatable bonds is 2. The van der Waals surface area contributed by atoms with Crippen molar-refractivity contribution in [3.63, 3.8) is 0 Å². The van der Waals surface area contributed by atoms with Crippen molar-refractivity contribution in [2.75, 3.05) is 0 Å². The van der Waals surface area contributed by atoms with Crippen LogP contribution in [0.3, 0.4) is 0 Å². The highest BCUT2D eigenvalue weighted by Crippen LogP contribution is 2.33. The average Bonchev–Trinajstić information content (AvgIpc) is 3.04. The van der Waals surface area contributed by atoms with Gasteiger partial charge >= 0.3 is 0 Å². The first-order valence-electron chi connectivity index (χ1n) is 7.04. The first-order chi connectivity index (χ1) is 10.4. The number of aromatic nitrogens is 3. The van der Waals surface area contributed by atoms with Crippen molar-refractivity contribution in [3.8, 4) is 11.1 Å². The summed E-state index contributed by atoms with van der Waals surface area (Å²) in [6.07, 6.45) is 9.85. The second-order valence-corrected chi connectivity index (χ2v) is 5.01. The molecule has 4 nitrogen and oxygen atoms in total. The number of H-pyrrole nitrogens is 1. The summed E-state index contributed by atoms with van der Waals surface area (Å²) in [6, 6.07) is 10.2. The Morgan fingerprint density at radius 1 is 1.00 bits per heavy atom. The molecule has 0 saturated heterocycles. The van der Waals surface area contributed by atoms with Crippen LogP contribution in [0, 0.1) is 0 Å². The molecular weight excluding hydrogens is 260 g/mol. The molecular formula is C17H14N4. The van der Waals surface area contributed by atoms with Crippen LogP contribution in [-0.2, 0) is 0 Å². The topological polar surface area (TPSA) is 53.9 Å². The summed E-state index contributed by atoms with van der Waals surface area (Å²) in [5.74, 6) is 0. The molecule has 0 unspecified atom stereocenters. The summed E-state index contributed by atoms with van der Waals surface area (Å²) >= 11 is 0. The molecule has 1 aliphatic heterocycles. The molecule has 102 valence electrons. The van der Waals surface area contributed by atoms with Crippen LogP contribution in [0.2, 0.25) is 0 Å². The van der Waals surface area contributed by atoms with E-state index in [1.54, 1.807) is 0 Å². The molecule has 1 aromatic carbocycles. The zero-order valence-electron chi connectivity index (χ0n) is 11.5. The second kappa shape index (κ2) is 4.98. The molecule has 0 radical (unpaired) electrons. The maximum atomic E-state index is 4.49. The summed E-state index contributed by atoms with van der Waals surface area (Å²) in [7, 11) is 0. The molecule has 4 rings (SSSR count). The van der Waals surface area contributed by atoms with Crippen LogP contribution < -0.4 is 0 Å². The van der Waals surface area contributed by atoms with Crippen LogP contribution in [0.4, 0.5) is 0 Å². The van der Waals surface area contributed by atoms with E-state index in [1.165, 1.54) is 0 Å². The van der Waals surface area contributed by atoms with E-state index in [2.05, 4.69) is 32.3 Å². The van der Waals surface area contributed by atoms with Gasteiger partial charge in [-0.25, -0.2) is 0 Å². The number of nitrogens with one attached hydrogen (secondary N) is 1. The van der Waals surface area contributed by atoms with Gasteiger partial charge in [0.05, 0.1) is 23.1 Å². The number of hydrogen-bond acceptors (Lipinski definition) is 3. The highest BCUT2D eigenvalue weighted by Gasteiger charge is 2.14. The fourth-order valence-electron chi connectivity index (χ4n) is 2.69. The highest BCUT2D eigenvalue weighted by atomic mass is 15.1. The molecule has 3 heterocycles. The minimum atomic E-state index is 0.967. The van der Waals surface area contributed by atoms with Gasteiger partial charge in [-0.1, -0.05) is 24.3 Å². The van der Waals surface area contributed by atoms with E-state index in [1.807, 2.05) is 42.9 Å². The summed E-state index contributed by atoms with van der Waals surface area (Å²) in [5.41, 5.74) is 5.13. The molecule has 1 N–H and O–H groups in total. The molecule has 0 aliphatic carbocycles. The molecule has 21 heavy (non-hydrogen) atoms. The molecule has 3 aromatic rings. The zero-order chi connectivity index (χ0) is 14.1. The van der Waals surface area contributed by atoms with Gasteiger partial charge in [-0.2, -0.15) is 5.10 Å². The smallest absolute Gasteiger partial charge is 0.0909 e. The van der Waals surface area contributed by atoms with Gasteiger partial charge in [-0.3, -0.25) is 15.1 Å². The number of benzene rings is 1. The monoisotopic (exact) mass is 274 g/mol. The highest BCUT2D eigenvalue weighted by molar-refractivity contribution is 5.97. The Morgan fingerprint density at radius 3 is 2.86 bits per heavy atom. The Kier molecular flexibility index (Phi) is 2.85. The third kappa shape index (κ3) is 2.05. The van der Waals surface area contributed by atoms with Crippen molar-refractivity contribution >= 4 is 22.8 Å². The molecule has 0 amide bonds. The first kappa shape index (κ1) is 12.0. The van der Waals surface area contributed by atoms with E-state index in [0.717, 1.165) is 46.3 Å². The molecule has 2 aromatic heterocycles. The average molecular weight is 274 g/mol. The van der Waals surface area contributed by atoms with Crippen molar-refractivity contribution in [2.45, 2.75) is 12.8 Å².